The van der Waals surface area contributed by atoms with Gasteiger partial charge < -0.3 is 25.0 Å². The van der Waals surface area contributed by atoms with Crippen LogP contribution in [-0.4, -0.2) is 57.3 Å². The van der Waals surface area contributed by atoms with Crippen molar-refractivity contribution in [2.45, 2.75) is 31.4 Å². The van der Waals surface area contributed by atoms with Crippen LogP contribution in [0.3, 0.4) is 0 Å². The first kappa shape index (κ1) is 22.5. The molecule has 178 valence electrons. The number of rotatable bonds is 7. The van der Waals surface area contributed by atoms with E-state index in [4.69, 9.17) is 14.5 Å². The lowest BCUT2D eigenvalue weighted by molar-refractivity contribution is -0.123. The largest absolute Gasteiger partial charge is 0.497 e. The third kappa shape index (κ3) is 4.40. The summed E-state index contributed by atoms with van der Waals surface area (Å²) in [7, 11) is 5.37. The van der Waals surface area contributed by atoms with E-state index in [0.717, 1.165) is 65.2 Å². The van der Waals surface area contributed by atoms with Crippen molar-refractivity contribution in [3.05, 3.63) is 48.5 Å². The molecule has 1 amide bonds. The second-order valence-corrected chi connectivity index (χ2v) is 9.18. The minimum absolute atomic E-state index is 0.000331. The summed E-state index contributed by atoms with van der Waals surface area (Å²) in [5.41, 5.74) is 3.90. The third-order valence-corrected chi connectivity index (χ3v) is 7.10. The lowest BCUT2D eigenvalue weighted by Crippen LogP contribution is -2.45. The number of hydrogen-bond donors (Lipinski definition) is 2. The molecular weight excluding hydrogens is 428 g/mol. The molecule has 34 heavy (non-hydrogen) atoms. The summed E-state index contributed by atoms with van der Waals surface area (Å²) in [5, 5.41) is 7.14. The molecule has 2 aromatic carbocycles. The summed E-state index contributed by atoms with van der Waals surface area (Å²) in [6.07, 6.45) is 3.21. The standard InChI is InChI=1S/C27H32N4O3/c1-28-19-12-22(13-19)34-20-6-4-17(5-7-20)24-15-26(31-11-10-18(16-31)27(32)29-2)23-9-8-21(33-3)14-25(23)30-24/h4-9,14-15,18-19,22,28H,10-13,16H2,1-3H3,(H,29,32)/t18-,19?,22?/m0/s1. The maximum absolute atomic E-state index is 12.2. The number of anilines is 1. The zero-order chi connectivity index (χ0) is 23.7. The Morgan fingerprint density at radius 2 is 1.82 bits per heavy atom. The monoisotopic (exact) mass is 460 g/mol. The molecular formula is C27H32N4O3. The van der Waals surface area contributed by atoms with Gasteiger partial charge in [0.15, 0.2) is 0 Å². The lowest BCUT2D eigenvalue weighted by atomic mass is 9.89. The Balaban J connectivity index is 1.44. The molecule has 1 aliphatic carbocycles. The number of pyridine rings is 1. The van der Waals surface area contributed by atoms with Crippen LogP contribution in [0.1, 0.15) is 19.3 Å². The van der Waals surface area contributed by atoms with E-state index in [2.05, 4.69) is 39.8 Å². The topological polar surface area (TPSA) is 75.7 Å². The minimum Gasteiger partial charge on any atom is -0.497 e. The molecule has 2 N–H and O–H groups in total. The highest BCUT2D eigenvalue weighted by Gasteiger charge is 2.30. The summed E-state index contributed by atoms with van der Waals surface area (Å²) in [6.45, 7) is 1.54. The van der Waals surface area contributed by atoms with Crippen LogP contribution in [0, 0.1) is 5.92 Å². The van der Waals surface area contributed by atoms with Crippen molar-refractivity contribution >= 4 is 22.5 Å². The Labute approximate surface area is 200 Å². The van der Waals surface area contributed by atoms with E-state index < -0.39 is 0 Å². The van der Waals surface area contributed by atoms with Gasteiger partial charge in [-0.25, -0.2) is 4.98 Å². The van der Waals surface area contributed by atoms with E-state index >= 15 is 0 Å². The van der Waals surface area contributed by atoms with Crippen LogP contribution in [0.4, 0.5) is 5.69 Å². The van der Waals surface area contributed by atoms with Crippen LogP contribution >= 0.6 is 0 Å². The summed E-state index contributed by atoms with van der Waals surface area (Å²) >= 11 is 0. The number of nitrogens with zero attached hydrogens (tertiary/aromatic N) is 2. The Hall–Kier alpha value is -3.32. The van der Waals surface area contributed by atoms with Crippen LogP contribution in [0.2, 0.25) is 0 Å². The molecule has 3 aromatic rings. The highest BCUT2D eigenvalue weighted by molar-refractivity contribution is 5.95. The summed E-state index contributed by atoms with van der Waals surface area (Å²) in [6, 6.07) is 16.9. The van der Waals surface area contributed by atoms with Gasteiger partial charge in [-0.05, 0) is 68.8 Å². The summed E-state index contributed by atoms with van der Waals surface area (Å²) in [4.78, 5) is 19.5. The number of carbonyl (C=O) groups excluding carboxylic acids is 1. The van der Waals surface area contributed by atoms with Crippen LogP contribution in [-0.2, 0) is 4.79 Å². The van der Waals surface area contributed by atoms with Crippen LogP contribution in [0.5, 0.6) is 11.5 Å². The molecule has 7 heteroatoms. The molecule has 2 fully saturated rings. The van der Waals surface area contributed by atoms with Gasteiger partial charge in [0.1, 0.15) is 17.6 Å². The van der Waals surface area contributed by atoms with Gasteiger partial charge in [0.2, 0.25) is 5.91 Å². The number of ether oxygens (including phenoxy) is 2. The lowest BCUT2D eigenvalue weighted by Gasteiger charge is -2.35. The fraction of sp³-hybridized carbons (Fsp3) is 0.407. The second-order valence-electron chi connectivity index (χ2n) is 9.18. The zero-order valence-corrected chi connectivity index (χ0v) is 20.0. The van der Waals surface area contributed by atoms with Gasteiger partial charge in [-0.2, -0.15) is 0 Å². The van der Waals surface area contributed by atoms with Crippen LogP contribution in [0.25, 0.3) is 22.2 Å². The molecule has 1 saturated carbocycles. The van der Waals surface area contributed by atoms with Gasteiger partial charge in [0.05, 0.1) is 24.2 Å². The van der Waals surface area contributed by atoms with E-state index in [-0.39, 0.29) is 17.9 Å². The first-order valence-corrected chi connectivity index (χ1v) is 12.0. The van der Waals surface area contributed by atoms with Gasteiger partial charge >= 0.3 is 0 Å². The van der Waals surface area contributed by atoms with Crippen molar-refractivity contribution in [1.82, 2.24) is 15.6 Å². The average molecular weight is 461 g/mol. The molecule has 1 aromatic heterocycles. The Morgan fingerprint density at radius 3 is 2.53 bits per heavy atom. The number of amides is 1. The minimum atomic E-state index is 0.000331. The van der Waals surface area contributed by atoms with Crippen molar-refractivity contribution in [3.8, 4) is 22.8 Å². The first-order valence-electron chi connectivity index (χ1n) is 12.0. The van der Waals surface area contributed by atoms with E-state index in [9.17, 15) is 4.79 Å². The fourth-order valence-corrected chi connectivity index (χ4v) is 4.92. The predicted molar refractivity (Wildman–Crippen MR) is 135 cm³/mol. The van der Waals surface area contributed by atoms with E-state index in [1.54, 1.807) is 14.2 Å². The SMILES string of the molecule is CNC(=O)[C@H]1CCN(c2cc(-c3ccc(OC4CC(NC)C4)cc3)nc3cc(OC)ccc23)C1. The van der Waals surface area contributed by atoms with Gasteiger partial charge in [0.25, 0.3) is 0 Å². The van der Waals surface area contributed by atoms with Crippen molar-refractivity contribution < 1.29 is 14.3 Å². The smallest absolute Gasteiger partial charge is 0.224 e. The molecule has 1 atom stereocenters. The molecule has 0 radical (unpaired) electrons. The number of benzene rings is 2. The van der Waals surface area contributed by atoms with Crippen molar-refractivity contribution in [2.24, 2.45) is 5.92 Å². The molecule has 0 bridgehead atoms. The molecule has 7 nitrogen and oxygen atoms in total. The molecule has 5 rings (SSSR count). The maximum Gasteiger partial charge on any atom is 0.224 e. The number of methoxy groups -OCH3 is 1. The molecule has 1 aliphatic heterocycles. The van der Waals surface area contributed by atoms with Crippen LogP contribution in [0.15, 0.2) is 48.5 Å². The highest BCUT2D eigenvalue weighted by Crippen LogP contribution is 2.36. The van der Waals surface area contributed by atoms with E-state index in [1.165, 1.54) is 0 Å². The fourth-order valence-electron chi connectivity index (χ4n) is 4.92. The van der Waals surface area contributed by atoms with E-state index in [1.807, 2.05) is 31.3 Å². The quantitative estimate of drug-likeness (QED) is 0.561. The molecule has 0 spiro atoms. The number of hydrogen-bond acceptors (Lipinski definition) is 6. The second kappa shape index (κ2) is 9.50. The molecule has 1 saturated heterocycles. The number of aromatic nitrogens is 1. The Morgan fingerprint density at radius 1 is 1.06 bits per heavy atom. The Bertz CT molecular complexity index is 1170. The van der Waals surface area contributed by atoms with Gasteiger partial charge in [-0.1, -0.05) is 0 Å². The molecule has 0 unspecified atom stereocenters. The predicted octanol–water partition coefficient (Wildman–Crippen LogP) is 3.61. The van der Waals surface area contributed by atoms with Crippen LogP contribution < -0.4 is 25.0 Å². The summed E-state index contributed by atoms with van der Waals surface area (Å²) in [5.74, 6) is 1.77. The van der Waals surface area contributed by atoms with Gasteiger partial charge in [-0.3, -0.25) is 4.79 Å². The van der Waals surface area contributed by atoms with Gasteiger partial charge in [-0.15, -0.1) is 0 Å². The van der Waals surface area contributed by atoms with Crippen molar-refractivity contribution in [2.75, 3.05) is 39.2 Å². The Kier molecular flexibility index (Phi) is 6.28. The maximum atomic E-state index is 12.2. The molecule has 2 heterocycles. The first-order chi connectivity index (χ1) is 16.6. The average Bonchev–Trinajstić information content (AvgIpc) is 3.35. The zero-order valence-electron chi connectivity index (χ0n) is 20.0. The van der Waals surface area contributed by atoms with Gasteiger partial charge in [0, 0.05) is 48.9 Å². The number of nitrogens with one attached hydrogen (secondary N) is 2. The summed E-state index contributed by atoms with van der Waals surface area (Å²) < 4.78 is 11.6. The number of fused-ring (bicyclic) bond motifs is 1. The van der Waals surface area contributed by atoms with E-state index in [0.29, 0.717) is 12.6 Å². The highest BCUT2D eigenvalue weighted by atomic mass is 16.5. The van der Waals surface area contributed by atoms with Crippen molar-refractivity contribution in [1.29, 1.82) is 0 Å². The normalized spacial score (nSPS) is 21.9. The third-order valence-electron chi connectivity index (χ3n) is 7.10. The van der Waals surface area contributed by atoms with Crippen molar-refractivity contribution in [3.63, 3.8) is 0 Å². The number of carbonyl (C=O) groups is 1. The molecule has 2 aliphatic rings.